The second-order valence-corrected chi connectivity index (χ2v) is 6.72. The summed E-state index contributed by atoms with van der Waals surface area (Å²) in [7, 11) is 0. The SMILES string of the molecule is Cc1ccc(CN2CCN(/N=C/c3ccccc3[N+](=O)[O-])CC2)c(C)c1. The van der Waals surface area contributed by atoms with Gasteiger partial charge in [0.15, 0.2) is 0 Å². The van der Waals surface area contributed by atoms with Crippen LogP contribution in [0, 0.1) is 24.0 Å². The first-order valence-corrected chi connectivity index (χ1v) is 8.84. The fourth-order valence-corrected chi connectivity index (χ4v) is 3.18. The van der Waals surface area contributed by atoms with Crippen LogP contribution in [0.4, 0.5) is 5.69 Å². The second-order valence-electron chi connectivity index (χ2n) is 6.72. The molecule has 6 nitrogen and oxygen atoms in total. The minimum absolute atomic E-state index is 0.0877. The van der Waals surface area contributed by atoms with E-state index in [1.54, 1.807) is 24.4 Å². The molecule has 136 valence electrons. The number of hydrazone groups is 1. The topological polar surface area (TPSA) is 62.0 Å². The van der Waals surface area contributed by atoms with Crippen molar-refractivity contribution in [2.45, 2.75) is 20.4 Å². The third-order valence-corrected chi connectivity index (χ3v) is 4.73. The van der Waals surface area contributed by atoms with Crippen LogP contribution in [0.3, 0.4) is 0 Å². The van der Waals surface area contributed by atoms with Crippen LogP contribution in [0.15, 0.2) is 47.6 Å². The van der Waals surface area contributed by atoms with E-state index < -0.39 is 0 Å². The van der Waals surface area contributed by atoms with Gasteiger partial charge >= 0.3 is 0 Å². The number of rotatable bonds is 5. The first-order valence-electron chi connectivity index (χ1n) is 8.84. The van der Waals surface area contributed by atoms with E-state index in [9.17, 15) is 10.1 Å². The van der Waals surface area contributed by atoms with E-state index in [0.29, 0.717) is 5.56 Å². The maximum absolute atomic E-state index is 11.1. The zero-order valence-corrected chi connectivity index (χ0v) is 15.3. The molecule has 26 heavy (non-hydrogen) atoms. The maximum atomic E-state index is 11.1. The van der Waals surface area contributed by atoms with Crippen molar-refractivity contribution in [2.24, 2.45) is 5.10 Å². The van der Waals surface area contributed by atoms with Crippen LogP contribution in [0.25, 0.3) is 0 Å². The minimum atomic E-state index is -0.372. The summed E-state index contributed by atoms with van der Waals surface area (Å²) in [4.78, 5) is 13.1. The Morgan fingerprint density at radius 3 is 2.54 bits per heavy atom. The summed E-state index contributed by atoms with van der Waals surface area (Å²) in [5.74, 6) is 0. The number of benzene rings is 2. The highest BCUT2D eigenvalue weighted by Gasteiger charge is 2.17. The number of para-hydroxylation sites is 1. The molecule has 0 spiro atoms. The third-order valence-electron chi connectivity index (χ3n) is 4.73. The molecule has 1 aliphatic heterocycles. The lowest BCUT2D eigenvalue weighted by atomic mass is 10.1. The molecule has 6 heteroatoms. The van der Waals surface area contributed by atoms with Crippen molar-refractivity contribution in [1.82, 2.24) is 9.91 Å². The number of nitro benzene ring substituents is 1. The van der Waals surface area contributed by atoms with Crippen LogP contribution in [0.5, 0.6) is 0 Å². The zero-order valence-electron chi connectivity index (χ0n) is 15.3. The number of piperazine rings is 1. The smallest absolute Gasteiger partial charge is 0.278 e. The Hall–Kier alpha value is -2.73. The number of nitro groups is 1. The molecular weight excluding hydrogens is 328 g/mol. The molecule has 0 N–H and O–H groups in total. The van der Waals surface area contributed by atoms with Gasteiger partial charge in [-0.1, -0.05) is 35.9 Å². The van der Waals surface area contributed by atoms with Crippen molar-refractivity contribution >= 4 is 11.9 Å². The zero-order chi connectivity index (χ0) is 18.5. The van der Waals surface area contributed by atoms with Gasteiger partial charge in [0.05, 0.1) is 16.7 Å². The summed E-state index contributed by atoms with van der Waals surface area (Å²) < 4.78 is 0. The fourth-order valence-electron chi connectivity index (χ4n) is 3.18. The molecule has 3 rings (SSSR count). The minimum Gasteiger partial charge on any atom is -0.295 e. The standard InChI is InChI=1S/C20H24N4O2/c1-16-7-8-19(17(2)13-16)15-22-9-11-23(12-10-22)21-14-18-5-3-4-6-20(18)24(25)26/h3-8,13-14H,9-12,15H2,1-2H3/b21-14+. The van der Waals surface area contributed by atoms with Crippen LogP contribution in [0.1, 0.15) is 22.3 Å². The van der Waals surface area contributed by atoms with E-state index in [0.717, 1.165) is 32.7 Å². The van der Waals surface area contributed by atoms with Crippen molar-refractivity contribution in [2.75, 3.05) is 26.2 Å². The first-order chi connectivity index (χ1) is 12.5. The Kier molecular flexibility index (Phi) is 5.63. The first kappa shape index (κ1) is 18.1. The Bertz CT molecular complexity index is 811. The molecule has 0 unspecified atom stereocenters. The van der Waals surface area contributed by atoms with Crippen molar-refractivity contribution in [3.05, 3.63) is 74.8 Å². The van der Waals surface area contributed by atoms with E-state index in [2.05, 4.69) is 42.0 Å². The molecule has 0 amide bonds. The van der Waals surface area contributed by atoms with Gasteiger partial charge in [0.2, 0.25) is 0 Å². The Labute approximate surface area is 153 Å². The van der Waals surface area contributed by atoms with E-state index in [-0.39, 0.29) is 10.6 Å². The fraction of sp³-hybridized carbons (Fsp3) is 0.350. The van der Waals surface area contributed by atoms with Gasteiger partial charge in [-0.05, 0) is 31.0 Å². The summed E-state index contributed by atoms with van der Waals surface area (Å²) in [6.07, 6.45) is 1.60. The van der Waals surface area contributed by atoms with Gasteiger partial charge in [0.25, 0.3) is 5.69 Å². The highest BCUT2D eigenvalue weighted by molar-refractivity contribution is 5.84. The molecule has 0 saturated carbocycles. The van der Waals surface area contributed by atoms with Crippen LogP contribution >= 0.6 is 0 Å². The van der Waals surface area contributed by atoms with Gasteiger partial charge in [-0.25, -0.2) is 0 Å². The Morgan fingerprint density at radius 2 is 1.85 bits per heavy atom. The van der Waals surface area contributed by atoms with Crippen molar-refractivity contribution < 1.29 is 4.92 Å². The monoisotopic (exact) mass is 352 g/mol. The lowest BCUT2D eigenvalue weighted by Gasteiger charge is -2.33. The molecule has 0 radical (unpaired) electrons. The highest BCUT2D eigenvalue weighted by Crippen LogP contribution is 2.17. The van der Waals surface area contributed by atoms with Gasteiger partial charge in [0.1, 0.15) is 0 Å². The Balaban J connectivity index is 1.56. The van der Waals surface area contributed by atoms with Crippen molar-refractivity contribution in [1.29, 1.82) is 0 Å². The number of nitrogens with zero attached hydrogens (tertiary/aromatic N) is 4. The Morgan fingerprint density at radius 1 is 1.12 bits per heavy atom. The van der Waals surface area contributed by atoms with Gasteiger partial charge < -0.3 is 0 Å². The van der Waals surface area contributed by atoms with Gasteiger partial charge in [0, 0.05) is 38.8 Å². The molecule has 2 aromatic rings. The lowest BCUT2D eigenvalue weighted by molar-refractivity contribution is -0.385. The van der Waals surface area contributed by atoms with Crippen LogP contribution in [-0.4, -0.2) is 47.2 Å². The van der Waals surface area contributed by atoms with Crippen molar-refractivity contribution in [3.8, 4) is 0 Å². The highest BCUT2D eigenvalue weighted by atomic mass is 16.6. The largest absolute Gasteiger partial charge is 0.295 e. The normalized spacial score (nSPS) is 15.5. The molecule has 1 saturated heterocycles. The third kappa shape index (κ3) is 4.46. The molecule has 0 aliphatic carbocycles. The maximum Gasteiger partial charge on any atom is 0.278 e. The van der Waals surface area contributed by atoms with Crippen LogP contribution in [-0.2, 0) is 6.54 Å². The molecule has 1 aliphatic rings. The molecule has 2 aromatic carbocycles. The summed E-state index contributed by atoms with van der Waals surface area (Å²) in [5, 5.41) is 17.5. The van der Waals surface area contributed by atoms with Gasteiger partial charge in [-0.2, -0.15) is 5.10 Å². The summed E-state index contributed by atoms with van der Waals surface area (Å²) in [6, 6.07) is 13.3. The summed E-state index contributed by atoms with van der Waals surface area (Å²) in [6.45, 7) is 8.74. The van der Waals surface area contributed by atoms with E-state index in [4.69, 9.17) is 0 Å². The summed E-state index contributed by atoms with van der Waals surface area (Å²) in [5.41, 5.74) is 4.62. The molecular formula is C20H24N4O2. The van der Waals surface area contributed by atoms with Gasteiger partial charge in [-0.15, -0.1) is 0 Å². The molecule has 1 fully saturated rings. The lowest BCUT2D eigenvalue weighted by Crippen LogP contribution is -2.43. The van der Waals surface area contributed by atoms with E-state index in [1.807, 2.05) is 5.01 Å². The number of hydrogen-bond acceptors (Lipinski definition) is 5. The number of aryl methyl sites for hydroxylation is 2. The van der Waals surface area contributed by atoms with Crippen LogP contribution in [0.2, 0.25) is 0 Å². The van der Waals surface area contributed by atoms with E-state index in [1.165, 1.54) is 22.8 Å². The predicted molar refractivity (Wildman–Crippen MR) is 103 cm³/mol. The number of hydrogen-bond donors (Lipinski definition) is 0. The second kappa shape index (κ2) is 8.10. The van der Waals surface area contributed by atoms with Gasteiger partial charge in [-0.3, -0.25) is 20.0 Å². The molecule has 0 bridgehead atoms. The predicted octanol–water partition coefficient (Wildman–Crippen LogP) is 3.36. The van der Waals surface area contributed by atoms with Crippen molar-refractivity contribution in [3.63, 3.8) is 0 Å². The van der Waals surface area contributed by atoms with Crippen LogP contribution < -0.4 is 0 Å². The molecule has 0 atom stereocenters. The average Bonchev–Trinajstić information content (AvgIpc) is 2.63. The summed E-state index contributed by atoms with van der Waals surface area (Å²) >= 11 is 0. The quantitative estimate of drug-likeness (QED) is 0.470. The molecule has 1 heterocycles. The molecule has 0 aromatic heterocycles. The van der Waals surface area contributed by atoms with E-state index >= 15 is 0 Å². The average molecular weight is 352 g/mol.